The number of hydrogen-bond donors (Lipinski definition) is 2. The summed E-state index contributed by atoms with van der Waals surface area (Å²) in [5, 5.41) is 9.74. The van der Waals surface area contributed by atoms with Gasteiger partial charge in [0.15, 0.2) is 0 Å². The van der Waals surface area contributed by atoms with E-state index in [1.165, 1.54) is 0 Å². The molecule has 0 fully saturated rings. The number of likely N-dealkylation sites (N-methyl/N-ethyl adjacent to an activating group) is 1. The Labute approximate surface area is 96.6 Å². The number of nitrogens with zero attached hydrogens (tertiary/aromatic N) is 1. The monoisotopic (exact) mass is 224 g/mol. The van der Waals surface area contributed by atoms with E-state index in [-0.39, 0.29) is 0 Å². The summed E-state index contributed by atoms with van der Waals surface area (Å²) >= 11 is 0. The largest absolute Gasteiger partial charge is 0.497 e. The zero-order valence-corrected chi connectivity index (χ0v) is 10.3. The molecule has 1 aromatic rings. The molecule has 4 heteroatoms. The molecule has 16 heavy (non-hydrogen) atoms. The lowest BCUT2D eigenvalue weighted by Gasteiger charge is -2.27. The highest BCUT2D eigenvalue weighted by molar-refractivity contribution is 5.60. The molecular formula is C12H20N2O2. The maximum Gasteiger partial charge on any atom is 0.122 e. The number of benzene rings is 1. The van der Waals surface area contributed by atoms with Gasteiger partial charge in [-0.1, -0.05) is 0 Å². The molecule has 4 nitrogen and oxygen atoms in total. The topological polar surface area (TPSA) is 58.7 Å². The Balaban J connectivity index is 2.90. The first-order chi connectivity index (χ1) is 7.31. The van der Waals surface area contributed by atoms with Gasteiger partial charge in [0.05, 0.1) is 12.7 Å². The summed E-state index contributed by atoms with van der Waals surface area (Å²) in [6.07, 6.45) is 0. The first-order valence-electron chi connectivity index (χ1n) is 5.20. The summed E-state index contributed by atoms with van der Waals surface area (Å²) in [4.78, 5) is 1.94. The number of nitrogens with two attached hydrogens (primary N) is 1. The van der Waals surface area contributed by atoms with Crippen LogP contribution in [0.5, 0.6) is 5.75 Å². The van der Waals surface area contributed by atoms with Gasteiger partial charge in [-0.25, -0.2) is 0 Å². The van der Waals surface area contributed by atoms with E-state index in [1.54, 1.807) is 27.0 Å². The molecular weight excluding hydrogens is 204 g/mol. The summed E-state index contributed by atoms with van der Waals surface area (Å²) < 4.78 is 5.15. The molecule has 0 amide bonds. The predicted octanol–water partition coefficient (Wildman–Crippen LogP) is 1.48. The maximum atomic E-state index is 9.74. The fourth-order valence-electron chi connectivity index (χ4n) is 1.62. The van der Waals surface area contributed by atoms with E-state index in [1.807, 2.05) is 24.1 Å². The zero-order chi connectivity index (χ0) is 12.3. The molecule has 0 spiro atoms. The molecule has 0 radical (unpaired) electrons. The SMILES string of the molecule is COc1cc(N)cc(N(C)CC(C)(C)O)c1. The van der Waals surface area contributed by atoms with Crippen LogP contribution < -0.4 is 15.4 Å². The van der Waals surface area contributed by atoms with Gasteiger partial charge in [-0.3, -0.25) is 0 Å². The van der Waals surface area contributed by atoms with Crippen LogP contribution in [0.15, 0.2) is 18.2 Å². The molecule has 0 heterocycles. The van der Waals surface area contributed by atoms with E-state index in [0.29, 0.717) is 12.2 Å². The Morgan fingerprint density at radius 2 is 2.00 bits per heavy atom. The minimum atomic E-state index is -0.743. The van der Waals surface area contributed by atoms with Gasteiger partial charge in [0.25, 0.3) is 0 Å². The number of aliphatic hydroxyl groups is 1. The third-order valence-electron chi connectivity index (χ3n) is 2.21. The molecule has 0 atom stereocenters. The average Bonchev–Trinajstić information content (AvgIpc) is 2.14. The Morgan fingerprint density at radius 3 is 2.50 bits per heavy atom. The number of methoxy groups -OCH3 is 1. The Hall–Kier alpha value is -1.42. The van der Waals surface area contributed by atoms with Crippen LogP contribution in [-0.2, 0) is 0 Å². The summed E-state index contributed by atoms with van der Waals surface area (Å²) in [5.41, 5.74) is 6.60. The summed E-state index contributed by atoms with van der Waals surface area (Å²) in [5.74, 6) is 0.720. The first kappa shape index (κ1) is 12.6. The highest BCUT2D eigenvalue weighted by atomic mass is 16.5. The Morgan fingerprint density at radius 1 is 1.38 bits per heavy atom. The van der Waals surface area contributed by atoms with Gasteiger partial charge in [0, 0.05) is 37.1 Å². The van der Waals surface area contributed by atoms with Crippen molar-refractivity contribution in [1.82, 2.24) is 0 Å². The van der Waals surface area contributed by atoms with Gasteiger partial charge in [-0.2, -0.15) is 0 Å². The van der Waals surface area contributed by atoms with Crippen molar-refractivity contribution in [3.63, 3.8) is 0 Å². The van der Waals surface area contributed by atoms with E-state index in [9.17, 15) is 5.11 Å². The van der Waals surface area contributed by atoms with Gasteiger partial charge >= 0.3 is 0 Å². The van der Waals surface area contributed by atoms with Crippen molar-refractivity contribution in [3.8, 4) is 5.75 Å². The second-order valence-corrected chi connectivity index (χ2v) is 4.63. The average molecular weight is 224 g/mol. The molecule has 0 aliphatic heterocycles. The minimum Gasteiger partial charge on any atom is -0.497 e. The van der Waals surface area contributed by atoms with Crippen LogP contribution in [0.2, 0.25) is 0 Å². The van der Waals surface area contributed by atoms with E-state index in [2.05, 4.69) is 0 Å². The molecule has 90 valence electrons. The highest BCUT2D eigenvalue weighted by Gasteiger charge is 2.16. The third-order valence-corrected chi connectivity index (χ3v) is 2.21. The number of anilines is 2. The normalized spacial score (nSPS) is 11.3. The number of ether oxygens (including phenoxy) is 1. The lowest BCUT2D eigenvalue weighted by atomic mass is 10.1. The van der Waals surface area contributed by atoms with Gasteiger partial charge < -0.3 is 20.5 Å². The lowest BCUT2D eigenvalue weighted by Crippen LogP contribution is -2.36. The van der Waals surface area contributed by atoms with Crippen molar-refractivity contribution in [2.45, 2.75) is 19.4 Å². The Bertz CT molecular complexity index is 359. The second-order valence-electron chi connectivity index (χ2n) is 4.63. The van der Waals surface area contributed by atoms with Gasteiger partial charge in [0.1, 0.15) is 5.75 Å². The van der Waals surface area contributed by atoms with Crippen LogP contribution >= 0.6 is 0 Å². The Kier molecular flexibility index (Phi) is 3.65. The van der Waals surface area contributed by atoms with Crippen molar-refractivity contribution in [2.24, 2.45) is 0 Å². The van der Waals surface area contributed by atoms with E-state index < -0.39 is 5.60 Å². The van der Waals surface area contributed by atoms with Crippen LogP contribution in [-0.4, -0.2) is 31.4 Å². The number of nitrogen functional groups attached to an aromatic ring is 1. The molecule has 0 saturated carbocycles. The van der Waals surface area contributed by atoms with Crippen LogP contribution in [0.4, 0.5) is 11.4 Å². The van der Waals surface area contributed by atoms with Crippen LogP contribution in [0.25, 0.3) is 0 Å². The smallest absolute Gasteiger partial charge is 0.122 e. The van der Waals surface area contributed by atoms with Crippen molar-refractivity contribution >= 4 is 11.4 Å². The number of hydrogen-bond acceptors (Lipinski definition) is 4. The molecule has 0 saturated heterocycles. The van der Waals surface area contributed by atoms with Gasteiger partial charge in [-0.05, 0) is 19.9 Å². The summed E-state index contributed by atoms with van der Waals surface area (Å²) in [7, 11) is 3.51. The maximum absolute atomic E-state index is 9.74. The fraction of sp³-hybridized carbons (Fsp3) is 0.500. The van der Waals surface area contributed by atoms with E-state index in [0.717, 1.165) is 11.4 Å². The molecule has 0 aliphatic rings. The van der Waals surface area contributed by atoms with Crippen LogP contribution in [0, 0.1) is 0 Å². The van der Waals surface area contributed by atoms with E-state index >= 15 is 0 Å². The third kappa shape index (κ3) is 3.62. The number of rotatable bonds is 4. The fourth-order valence-corrected chi connectivity index (χ4v) is 1.62. The van der Waals surface area contributed by atoms with Crippen molar-refractivity contribution in [2.75, 3.05) is 31.3 Å². The highest BCUT2D eigenvalue weighted by Crippen LogP contribution is 2.25. The quantitative estimate of drug-likeness (QED) is 0.761. The van der Waals surface area contributed by atoms with Gasteiger partial charge in [-0.15, -0.1) is 0 Å². The zero-order valence-electron chi connectivity index (χ0n) is 10.3. The minimum absolute atomic E-state index is 0.527. The van der Waals surface area contributed by atoms with Crippen molar-refractivity contribution < 1.29 is 9.84 Å². The standard InChI is InChI=1S/C12H20N2O2/c1-12(2,15)8-14(3)10-5-9(13)6-11(7-10)16-4/h5-7,15H,8,13H2,1-4H3. The molecule has 0 aliphatic carbocycles. The van der Waals surface area contributed by atoms with Gasteiger partial charge in [0.2, 0.25) is 0 Å². The molecule has 1 rings (SSSR count). The second kappa shape index (κ2) is 4.61. The lowest BCUT2D eigenvalue weighted by molar-refractivity contribution is 0.0886. The summed E-state index contributed by atoms with van der Waals surface area (Å²) in [6, 6.07) is 5.51. The molecule has 0 bridgehead atoms. The van der Waals surface area contributed by atoms with Crippen LogP contribution in [0.3, 0.4) is 0 Å². The predicted molar refractivity (Wildman–Crippen MR) is 67.0 cm³/mol. The first-order valence-corrected chi connectivity index (χ1v) is 5.20. The van der Waals surface area contributed by atoms with E-state index in [4.69, 9.17) is 10.5 Å². The molecule has 3 N–H and O–H groups in total. The molecule has 0 unspecified atom stereocenters. The molecule has 1 aromatic carbocycles. The van der Waals surface area contributed by atoms with Crippen molar-refractivity contribution in [3.05, 3.63) is 18.2 Å². The summed E-state index contributed by atoms with van der Waals surface area (Å²) in [6.45, 7) is 4.07. The van der Waals surface area contributed by atoms with Crippen LogP contribution in [0.1, 0.15) is 13.8 Å². The molecule has 0 aromatic heterocycles. The van der Waals surface area contributed by atoms with Crippen molar-refractivity contribution in [1.29, 1.82) is 0 Å².